The van der Waals surface area contributed by atoms with E-state index in [4.69, 9.17) is 9.72 Å². The monoisotopic (exact) mass is 416 g/mol. The molecular weight excluding hydrogens is 392 g/mol. The van der Waals surface area contributed by atoms with Gasteiger partial charge in [0.05, 0.1) is 16.8 Å². The summed E-state index contributed by atoms with van der Waals surface area (Å²) in [4.78, 5) is 16.9. The smallest absolute Gasteiger partial charge is 0.224 e. The summed E-state index contributed by atoms with van der Waals surface area (Å²) in [5.41, 5.74) is 5.30. The molecule has 0 aliphatic heterocycles. The lowest BCUT2D eigenvalue weighted by molar-refractivity contribution is -0.116. The molecule has 0 radical (unpaired) electrons. The lowest BCUT2D eigenvalue weighted by Crippen LogP contribution is -2.12. The number of carbonyl (C=O) groups excluding carboxylic acids is 1. The molecule has 0 saturated carbocycles. The Hall–Kier alpha value is -3.18. The maximum absolute atomic E-state index is 12.2. The first-order valence-electron chi connectivity index (χ1n) is 10.0. The first-order valence-corrected chi connectivity index (χ1v) is 10.9. The van der Waals surface area contributed by atoms with Gasteiger partial charge < -0.3 is 10.1 Å². The van der Waals surface area contributed by atoms with Gasteiger partial charge in [0, 0.05) is 17.7 Å². The first kappa shape index (κ1) is 20.1. The summed E-state index contributed by atoms with van der Waals surface area (Å²) in [5.74, 6) is 0.826. The van der Waals surface area contributed by atoms with E-state index in [1.165, 1.54) is 15.8 Å². The van der Waals surface area contributed by atoms with Crippen molar-refractivity contribution >= 4 is 33.1 Å². The van der Waals surface area contributed by atoms with Crippen molar-refractivity contribution in [2.24, 2.45) is 0 Å². The molecule has 4 rings (SSSR count). The second-order valence-corrected chi connectivity index (χ2v) is 8.41. The van der Waals surface area contributed by atoms with E-state index in [9.17, 15) is 4.79 Å². The molecule has 0 unspecified atom stereocenters. The van der Waals surface area contributed by atoms with Crippen molar-refractivity contribution in [1.29, 1.82) is 0 Å². The molecule has 0 aliphatic carbocycles. The number of ether oxygens (including phenoxy) is 1. The molecule has 3 aromatic carbocycles. The van der Waals surface area contributed by atoms with Gasteiger partial charge in [-0.1, -0.05) is 23.8 Å². The summed E-state index contributed by atoms with van der Waals surface area (Å²) in [6, 6.07) is 22.1. The Morgan fingerprint density at radius 3 is 2.47 bits per heavy atom. The van der Waals surface area contributed by atoms with Gasteiger partial charge >= 0.3 is 0 Å². The number of anilines is 1. The van der Waals surface area contributed by atoms with Gasteiger partial charge in [0.1, 0.15) is 10.8 Å². The van der Waals surface area contributed by atoms with Crippen molar-refractivity contribution in [2.45, 2.75) is 26.7 Å². The summed E-state index contributed by atoms with van der Waals surface area (Å²) in [6.45, 7) is 4.65. The van der Waals surface area contributed by atoms with Crippen LogP contribution in [0.5, 0.6) is 5.75 Å². The Morgan fingerprint density at radius 1 is 0.967 bits per heavy atom. The van der Waals surface area contributed by atoms with E-state index in [0.717, 1.165) is 27.5 Å². The quantitative estimate of drug-likeness (QED) is 0.356. The number of thiazole rings is 1. The van der Waals surface area contributed by atoms with Gasteiger partial charge in [-0.3, -0.25) is 4.79 Å². The van der Waals surface area contributed by atoms with Crippen LogP contribution >= 0.6 is 11.3 Å². The molecule has 0 aliphatic rings. The van der Waals surface area contributed by atoms with Gasteiger partial charge in [-0.05, 0) is 74.4 Å². The zero-order valence-corrected chi connectivity index (χ0v) is 18.0. The van der Waals surface area contributed by atoms with Crippen molar-refractivity contribution in [3.05, 3.63) is 77.9 Å². The van der Waals surface area contributed by atoms with Gasteiger partial charge in [0.15, 0.2) is 0 Å². The van der Waals surface area contributed by atoms with Crippen molar-refractivity contribution in [3.63, 3.8) is 0 Å². The molecule has 1 N–H and O–H groups in total. The number of nitrogens with zero attached hydrogens (tertiary/aromatic N) is 1. The highest BCUT2D eigenvalue weighted by Crippen LogP contribution is 2.31. The van der Waals surface area contributed by atoms with Crippen molar-refractivity contribution in [2.75, 3.05) is 11.9 Å². The van der Waals surface area contributed by atoms with Gasteiger partial charge in [-0.2, -0.15) is 0 Å². The van der Waals surface area contributed by atoms with E-state index >= 15 is 0 Å². The van der Waals surface area contributed by atoms with Gasteiger partial charge in [-0.15, -0.1) is 11.3 Å². The molecule has 0 fully saturated rings. The lowest BCUT2D eigenvalue weighted by Gasteiger charge is -2.08. The second kappa shape index (κ2) is 9.09. The molecule has 30 heavy (non-hydrogen) atoms. The molecule has 4 nitrogen and oxygen atoms in total. The topological polar surface area (TPSA) is 51.2 Å². The number of rotatable bonds is 7. The second-order valence-electron chi connectivity index (χ2n) is 7.38. The summed E-state index contributed by atoms with van der Waals surface area (Å²) >= 11 is 1.68. The number of nitrogens with one attached hydrogen (secondary N) is 1. The lowest BCUT2D eigenvalue weighted by atomic mass is 10.2. The number of aromatic nitrogens is 1. The third-order valence-electron chi connectivity index (χ3n) is 4.80. The summed E-state index contributed by atoms with van der Waals surface area (Å²) in [6.07, 6.45) is 1.09. The minimum absolute atomic E-state index is 0.00859. The first-order chi connectivity index (χ1) is 14.6. The van der Waals surface area contributed by atoms with Crippen molar-refractivity contribution < 1.29 is 9.53 Å². The van der Waals surface area contributed by atoms with Crippen LogP contribution in [0.4, 0.5) is 5.69 Å². The van der Waals surface area contributed by atoms with E-state index in [2.05, 4.69) is 30.4 Å². The Bertz CT molecular complexity index is 1150. The number of fused-ring (bicyclic) bond motifs is 1. The molecule has 0 spiro atoms. The molecule has 4 aromatic rings. The average molecular weight is 417 g/mol. The normalized spacial score (nSPS) is 10.9. The van der Waals surface area contributed by atoms with Gasteiger partial charge in [0.25, 0.3) is 0 Å². The highest BCUT2D eigenvalue weighted by Gasteiger charge is 2.08. The molecule has 0 bridgehead atoms. The maximum atomic E-state index is 12.2. The summed E-state index contributed by atoms with van der Waals surface area (Å²) in [7, 11) is 0. The van der Waals surface area contributed by atoms with Crippen LogP contribution in [-0.2, 0) is 4.79 Å². The minimum Gasteiger partial charge on any atom is -0.494 e. The van der Waals surface area contributed by atoms with E-state index in [0.29, 0.717) is 19.4 Å². The van der Waals surface area contributed by atoms with E-state index in [-0.39, 0.29) is 5.91 Å². The SMILES string of the molecule is Cc1ccc(OCCCC(=O)Nc2ccc(-c3nc4ccc(C)cc4s3)cc2)cc1. The van der Waals surface area contributed by atoms with Crippen LogP contribution in [-0.4, -0.2) is 17.5 Å². The third-order valence-corrected chi connectivity index (χ3v) is 5.86. The van der Waals surface area contributed by atoms with Crippen LogP contribution in [0.3, 0.4) is 0 Å². The average Bonchev–Trinajstić information content (AvgIpc) is 3.16. The predicted molar refractivity (Wildman–Crippen MR) is 124 cm³/mol. The van der Waals surface area contributed by atoms with Crippen LogP contribution < -0.4 is 10.1 Å². The van der Waals surface area contributed by atoms with E-state index < -0.39 is 0 Å². The van der Waals surface area contributed by atoms with Crippen LogP contribution in [0, 0.1) is 13.8 Å². The molecular formula is C25H24N2O2S. The Kier molecular flexibility index (Phi) is 6.10. The predicted octanol–water partition coefficient (Wildman–Crippen LogP) is 6.38. The van der Waals surface area contributed by atoms with Gasteiger partial charge in [0.2, 0.25) is 5.91 Å². The zero-order valence-electron chi connectivity index (χ0n) is 17.1. The van der Waals surface area contributed by atoms with Gasteiger partial charge in [-0.25, -0.2) is 4.98 Å². The van der Waals surface area contributed by atoms with E-state index in [1.54, 1.807) is 11.3 Å². The Morgan fingerprint density at radius 2 is 1.70 bits per heavy atom. The number of benzene rings is 3. The fourth-order valence-corrected chi connectivity index (χ4v) is 4.20. The molecule has 1 aromatic heterocycles. The minimum atomic E-state index is -0.00859. The highest BCUT2D eigenvalue weighted by atomic mass is 32.1. The number of aryl methyl sites for hydroxylation is 2. The van der Waals surface area contributed by atoms with Crippen molar-refractivity contribution in [3.8, 4) is 16.3 Å². The van der Waals surface area contributed by atoms with Crippen LogP contribution in [0.25, 0.3) is 20.8 Å². The summed E-state index contributed by atoms with van der Waals surface area (Å²) < 4.78 is 6.86. The zero-order chi connectivity index (χ0) is 20.9. The molecule has 0 saturated heterocycles. The molecule has 5 heteroatoms. The highest BCUT2D eigenvalue weighted by molar-refractivity contribution is 7.21. The fraction of sp³-hybridized carbons (Fsp3) is 0.200. The molecule has 1 amide bonds. The van der Waals surface area contributed by atoms with Crippen LogP contribution in [0.1, 0.15) is 24.0 Å². The Labute approximate surface area is 180 Å². The van der Waals surface area contributed by atoms with Crippen LogP contribution in [0.2, 0.25) is 0 Å². The standard InChI is InChI=1S/C25H24N2O2S/c1-17-5-12-21(13-6-17)29-15-3-4-24(28)26-20-10-8-19(9-11-20)25-27-22-14-7-18(2)16-23(22)30-25/h5-14,16H,3-4,15H2,1-2H3,(H,26,28). The third kappa shape index (κ3) is 5.05. The van der Waals surface area contributed by atoms with Crippen LogP contribution in [0.15, 0.2) is 66.7 Å². The fourth-order valence-electron chi connectivity index (χ4n) is 3.13. The number of hydrogen-bond acceptors (Lipinski definition) is 4. The summed E-state index contributed by atoms with van der Waals surface area (Å²) in [5, 5.41) is 3.94. The molecule has 0 atom stereocenters. The molecule has 1 heterocycles. The number of hydrogen-bond donors (Lipinski definition) is 1. The molecule has 152 valence electrons. The van der Waals surface area contributed by atoms with E-state index in [1.807, 2.05) is 55.5 Å². The van der Waals surface area contributed by atoms with Crippen molar-refractivity contribution in [1.82, 2.24) is 4.98 Å². The number of amides is 1. The maximum Gasteiger partial charge on any atom is 0.224 e. The Balaban J connectivity index is 1.28. The largest absolute Gasteiger partial charge is 0.494 e. The number of carbonyl (C=O) groups is 1.